The molecule has 0 saturated carbocycles. The number of benzene rings is 1. The number of hydrogen-bond acceptors (Lipinski definition) is 7. The van der Waals surface area contributed by atoms with Crippen molar-refractivity contribution in [3.63, 3.8) is 0 Å². The fourth-order valence-electron chi connectivity index (χ4n) is 4.10. The highest BCUT2D eigenvalue weighted by Gasteiger charge is 2.30. The lowest BCUT2D eigenvalue weighted by atomic mass is 10.0. The third-order valence-electron chi connectivity index (χ3n) is 6.17. The summed E-state index contributed by atoms with van der Waals surface area (Å²) in [6, 6.07) is 3.02. The van der Waals surface area contributed by atoms with Crippen molar-refractivity contribution in [3.05, 3.63) is 36.0 Å². The number of nitrogens with one attached hydrogen (secondary N) is 4. The van der Waals surface area contributed by atoms with Crippen molar-refractivity contribution in [2.75, 3.05) is 13.2 Å². The standard InChI is InChI=1S/C26H40N6O6/c1-15(2)11-21(26(37)38)31-24(35)20(9-5-6-10-27)30-25(36)22(14-33)32-23(34)18(28)12-16-13-29-19-8-4-3-7-17(16)19/h3-4,7-8,13,15,18,20-22,29,33H,5-6,9-12,14,27-28H2,1-2H3,(H,30,36)(H,31,35)(H,32,34)(H,37,38). The molecule has 0 aliphatic rings. The Balaban J connectivity index is 2.04. The summed E-state index contributed by atoms with van der Waals surface area (Å²) in [5, 5.41) is 27.6. The fourth-order valence-corrected chi connectivity index (χ4v) is 4.10. The van der Waals surface area contributed by atoms with E-state index in [4.69, 9.17) is 11.5 Å². The van der Waals surface area contributed by atoms with E-state index in [1.54, 1.807) is 6.20 Å². The molecular weight excluding hydrogens is 492 g/mol. The van der Waals surface area contributed by atoms with Crippen LogP contribution in [0, 0.1) is 5.92 Å². The third kappa shape index (κ3) is 9.12. The minimum absolute atomic E-state index is 0.0177. The number of para-hydroxylation sites is 1. The predicted octanol–water partition coefficient (Wildman–Crippen LogP) is -0.256. The van der Waals surface area contributed by atoms with Crippen molar-refractivity contribution in [1.29, 1.82) is 0 Å². The predicted molar refractivity (Wildman–Crippen MR) is 143 cm³/mol. The number of aliphatic carboxylic acids is 1. The zero-order valence-corrected chi connectivity index (χ0v) is 21.9. The van der Waals surface area contributed by atoms with E-state index in [2.05, 4.69) is 20.9 Å². The molecule has 12 nitrogen and oxygen atoms in total. The minimum Gasteiger partial charge on any atom is -0.480 e. The first kappa shape index (κ1) is 30.7. The summed E-state index contributed by atoms with van der Waals surface area (Å²) in [5.74, 6) is -3.25. The van der Waals surface area contributed by atoms with E-state index in [9.17, 15) is 29.4 Å². The first-order valence-corrected chi connectivity index (χ1v) is 12.8. The number of unbranched alkanes of at least 4 members (excludes halogenated alkanes) is 1. The monoisotopic (exact) mass is 532 g/mol. The van der Waals surface area contributed by atoms with Gasteiger partial charge in [0.15, 0.2) is 0 Å². The van der Waals surface area contributed by atoms with Gasteiger partial charge in [-0.05, 0) is 56.2 Å². The van der Waals surface area contributed by atoms with Gasteiger partial charge in [-0.1, -0.05) is 32.0 Å². The van der Waals surface area contributed by atoms with Crippen molar-refractivity contribution in [1.82, 2.24) is 20.9 Å². The van der Waals surface area contributed by atoms with Crippen molar-refractivity contribution in [2.24, 2.45) is 17.4 Å². The quantitative estimate of drug-likeness (QED) is 0.135. The second-order valence-electron chi connectivity index (χ2n) is 9.79. The Labute approximate surface area is 221 Å². The SMILES string of the molecule is CC(C)CC(NC(=O)C(CCCCN)NC(=O)C(CO)NC(=O)C(N)Cc1c[nH]c2ccccc12)C(=O)O. The second kappa shape index (κ2) is 15.1. The molecule has 4 atom stereocenters. The van der Waals surface area contributed by atoms with Gasteiger partial charge < -0.3 is 42.6 Å². The molecule has 1 heterocycles. The highest BCUT2D eigenvalue weighted by atomic mass is 16.4. The van der Waals surface area contributed by atoms with Crippen molar-refractivity contribution in [2.45, 2.75) is 70.1 Å². The van der Waals surface area contributed by atoms with Crippen LogP contribution in [0.15, 0.2) is 30.5 Å². The number of amides is 3. The van der Waals surface area contributed by atoms with Gasteiger partial charge in [0.05, 0.1) is 12.6 Å². The summed E-state index contributed by atoms with van der Waals surface area (Å²) >= 11 is 0. The maximum Gasteiger partial charge on any atom is 0.326 e. The topological polar surface area (TPSA) is 213 Å². The lowest BCUT2D eigenvalue weighted by Gasteiger charge is -2.25. The Bertz CT molecular complexity index is 1090. The Morgan fingerprint density at radius 2 is 1.58 bits per heavy atom. The number of rotatable bonds is 16. The molecule has 0 saturated heterocycles. The molecule has 1 aromatic carbocycles. The molecule has 0 spiro atoms. The Morgan fingerprint density at radius 3 is 2.21 bits per heavy atom. The van der Waals surface area contributed by atoms with Crippen LogP contribution in [-0.4, -0.2) is 76.2 Å². The average Bonchev–Trinajstić information content (AvgIpc) is 3.28. The maximum absolute atomic E-state index is 12.9. The molecule has 4 unspecified atom stereocenters. The van der Waals surface area contributed by atoms with Crippen molar-refractivity contribution in [3.8, 4) is 0 Å². The van der Waals surface area contributed by atoms with Gasteiger partial charge in [0.2, 0.25) is 17.7 Å². The number of carbonyl (C=O) groups is 4. The molecule has 0 aliphatic carbocycles. The van der Waals surface area contributed by atoms with Gasteiger partial charge in [-0.3, -0.25) is 14.4 Å². The molecule has 0 bridgehead atoms. The molecule has 2 aromatic rings. The highest BCUT2D eigenvalue weighted by Crippen LogP contribution is 2.18. The van der Waals surface area contributed by atoms with Crippen LogP contribution in [0.2, 0.25) is 0 Å². The molecule has 38 heavy (non-hydrogen) atoms. The number of nitrogens with two attached hydrogens (primary N) is 2. The molecule has 12 heteroatoms. The second-order valence-corrected chi connectivity index (χ2v) is 9.79. The summed E-state index contributed by atoms with van der Waals surface area (Å²) in [7, 11) is 0. The number of aliphatic hydroxyl groups is 1. The summed E-state index contributed by atoms with van der Waals surface area (Å²) < 4.78 is 0. The molecule has 2 rings (SSSR count). The number of H-pyrrole nitrogens is 1. The van der Waals surface area contributed by atoms with E-state index in [0.29, 0.717) is 19.4 Å². The number of carbonyl (C=O) groups excluding carboxylic acids is 3. The molecular formula is C26H40N6O6. The smallest absolute Gasteiger partial charge is 0.326 e. The summed E-state index contributed by atoms with van der Waals surface area (Å²) in [6.45, 7) is 3.33. The third-order valence-corrected chi connectivity index (χ3v) is 6.17. The van der Waals surface area contributed by atoms with E-state index in [-0.39, 0.29) is 25.2 Å². The number of carboxylic acids is 1. The number of carboxylic acid groups (broad SMARTS) is 1. The van der Waals surface area contributed by atoms with Gasteiger partial charge in [0.1, 0.15) is 18.1 Å². The normalized spacial score (nSPS) is 14.5. The lowest BCUT2D eigenvalue weighted by molar-refractivity contribution is -0.143. The average molecular weight is 533 g/mol. The van der Waals surface area contributed by atoms with E-state index < -0.39 is 54.5 Å². The number of aromatic amines is 1. The highest BCUT2D eigenvalue weighted by molar-refractivity contribution is 5.94. The Kier molecular flexibility index (Phi) is 12.2. The van der Waals surface area contributed by atoms with Gasteiger partial charge in [0, 0.05) is 17.1 Å². The molecule has 0 aliphatic heterocycles. The number of aromatic nitrogens is 1. The van der Waals surface area contributed by atoms with E-state index >= 15 is 0 Å². The van der Waals surface area contributed by atoms with Crippen LogP contribution in [0.4, 0.5) is 0 Å². The van der Waals surface area contributed by atoms with E-state index in [1.165, 1.54) is 0 Å². The minimum atomic E-state index is -1.35. The van der Waals surface area contributed by atoms with E-state index in [0.717, 1.165) is 16.5 Å². The molecule has 0 fully saturated rings. The molecule has 10 N–H and O–H groups in total. The largest absolute Gasteiger partial charge is 0.480 e. The van der Waals surface area contributed by atoms with Crippen LogP contribution in [0.5, 0.6) is 0 Å². The zero-order chi connectivity index (χ0) is 28.2. The van der Waals surface area contributed by atoms with Gasteiger partial charge in [0.25, 0.3) is 0 Å². The number of hydrogen-bond donors (Lipinski definition) is 8. The van der Waals surface area contributed by atoms with Gasteiger partial charge in [-0.25, -0.2) is 4.79 Å². The van der Waals surface area contributed by atoms with Gasteiger partial charge in [-0.2, -0.15) is 0 Å². The maximum atomic E-state index is 12.9. The number of fused-ring (bicyclic) bond motifs is 1. The van der Waals surface area contributed by atoms with Crippen LogP contribution in [0.25, 0.3) is 10.9 Å². The first-order valence-electron chi connectivity index (χ1n) is 12.8. The summed E-state index contributed by atoms with van der Waals surface area (Å²) in [6.07, 6.45) is 3.48. The van der Waals surface area contributed by atoms with Crippen LogP contribution in [-0.2, 0) is 25.6 Å². The number of aliphatic hydroxyl groups excluding tert-OH is 1. The van der Waals surface area contributed by atoms with Crippen molar-refractivity contribution < 1.29 is 29.4 Å². The molecule has 210 valence electrons. The Morgan fingerprint density at radius 1 is 0.947 bits per heavy atom. The molecule has 3 amide bonds. The summed E-state index contributed by atoms with van der Waals surface area (Å²) in [4.78, 5) is 53.3. The van der Waals surface area contributed by atoms with Crippen LogP contribution < -0.4 is 27.4 Å². The summed E-state index contributed by atoms with van der Waals surface area (Å²) in [5.41, 5.74) is 13.4. The van der Waals surface area contributed by atoms with Crippen molar-refractivity contribution >= 4 is 34.6 Å². The van der Waals surface area contributed by atoms with Crippen LogP contribution in [0.3, 0.4) is 0 Å². The van der Waals surface area contributed by atoms with Gasteiger partial charge >= 0.3 is 5.97 Å². The zero-order valence-electron chi connectivity index (χ0n) is 21.9. The molecule has 0 radical (unpaired) electrons. The fraction of sp³-hybridized carbons (Fsp3) is 0.538. The van der Waals surface area contributed by atoms with Gasteiger partial charge in [-0.15, -0.1) is 0 Å². The van der Waals surface area contributed by atoms with Crippen LogP contribution >= 0.6 is 0 Å². The van der Waals surface area contributed by atoms with E-state index in [1.807, 2.05) is 38.1 Å². The lowest BCUT2D eigenvalue weighted by Crippen LogP contribution is -2.58. The van der Waals surface area contributed by atoms with Crippen LogP contribution in [0.1, 0.15) is 45.1 Å². The molecule has 1 aromatic heterocycles. The first-order chi connectivity index (χ1) is 18.1. The Hall–Kier alpha value is -3.48.